The fourth-order valence-electron chi connectivity index (χ4n) is 3.39. The van der Waals surface area contributed by atoms with Gasteiger partial charge in [-0.3, -0.25) is 9.59 Å². The lowest BCUT2D eigenvalue weighted by atomic mass is 10.0. The summed E-state index contributed by atoms with van der Waals surface area (Å²) < 4.78 is 5.34. The topological polar surface area (TPSA) is 58.6 Å². The summed E-state index contributed by atoms with van der Waals surface area (Å²) in [5.41, 5.74) is 3.55. The van der Waals surface area contributed by atoms with E-state index >= 15 is 0 Å². The van der Waals surface area contributed by atoms with Crippen molar-refractivity contribution in [2.24, 2.45) is 0 Å². The monoisotopic (exact) mass is 420 g/mol. The summed E-state index contributed by atoms with van der Waals surface area (Å²) in [6.07, 6.45) is 1.26. The van der Waals surface area contributed by atoms with E-state index in [-0.39, 0.29) is 24.7 Å². The van der Waals surface area contributed by atoms with Crippen LogP contribution in [-0.2, 0) is 20.6 Å². The van der Waals surface area contributed by atoms with E-state index in [0.717, 1.165) is 34.8 Å². The molecule has 6 heteroatoms. The van der Waals surface area contributed by atoms with Crippen molar-refractivity contribution in [3.05, 3.63) is 65.2 Å². The van der Waals surface area contributed by atoms with Gasteiger partial charge in [-0.2, -0.15) is 0 Å². The van der Waals surface area contributed by atoms with Gasteiger partial charge in [0, 0.05) is 37.6 Å². The molecular formula is C24H28N2O3Si. The lowest BCUT2D eigenvalue weighted by molar-refractivity contribution is -0.125. The van der Waals surface area contributed by atoms with Crippen LogP contribution in [0.5, 0.6) is 0 Å². The van der Waals surface area contributed by atoms with Gasteiger partial charge >= 0.3 is 0 Å². The Hall–Kier alpha value is -2.88. The number of amides is 2. The molecule has 1 aliphatic rings. The zero-order valence-electron chi connectivity index (χ0n) is 17.6. The molecule has 0 aliphatic carbocycles. The molecule has 30 heavy (non-hydrogen) atoms. The largest absolute Gasteiger partial charge is 0.423 e. The Morgan fingerprint density at radius 1 is 1.07 bits per heavy atom. The predicted octanol–water partition coefficient (Wildman–Crippen LogP) is 3.22. The number of fused-ring (bicyclic) bond motifs is 2. The maximum absolute atomic E-state index is 13.1. The molecule has 1 atom stereocenters. The van der Waals surface area contributed by atoms with Crippen LogP contribution in [0.25, 0.3) is 0 Å². The zero-order valence-corrected chi connectivity index (χ0v) is 18.8. The second-order valence-electron chi connectivity index (χ2n) is 7.44. The maximum atomic E-state index is 13.1. The van der Waals surface area contributed by atoms with Crippen molar-refractivity contribution in [2.75, 3.05) is 18.6 Å². The second-order valence-corrected chi connectivity index (χ2v) is 10.1. The van der Waals surface area contributed by atoms with Crippen molar-refractivity contribution in [3.63, 3.8) is 0 Å². The molecule has 2 aromatic carbocycles. The number of hydrogen-bond donors (Lipinski definition) is 1. The van der Waals surface area contributed by atoms with Crippen LogP contribution >= 0.6 is 0 Å². The lowest BCUT2D eigenvalue weighted by Gasteiger charge is -2.26. The number of carbonyl (C=O) groups excluding carboxylic acids is 2. The van der Waals surface area contributed by atoms with Gasteiger partial charge in [-0.15, -0.1) is 0 Å². The number of carbonyl (C=O) groups is 2. The van der Waals surface area contributed by atoms with Crippen LogP contribution in [0, 0.1) is 11.8 Å². The van der Waals surface area contributed by atoms with Crippen molar-refractivity contribution in [1.29, 1.82) is 0 Å². The Morgan fingerprint density at radius 2 is 1.77 bits per heavy atom. The fraction of sp³-hybridized carbons (Fsp3) is 0.333. The normalized spacial score (nSPS) is 13.1. The highest BCUT2D eigenvalue weighted by Gasteiger charge is 2.21. The maximum Gasteiger partial charge on any atom is 0.227 e. The first-order valence-electron chi connectivity index (χ1n) is 10.4. The van der Waals surface area contributed by atoms with Gasteiger partial charge in [0.1, 0.15) is 0 Å². The molecule has 0 bridgehead atoms. The highest BCUT2D eigenvalue weighted by molar-refractivity contribution is 6.50. The Balaban J connectivity index is 1.64. The van der Waals surface area contributed by atoms with Crippen LogP contribution in [0.2, 0.25) is 12.6 Å². The number of hydrogen-bond acceptors (Lipinski definition) is 3. The quantitative estimate of drug-likeness (QED) is 0.405. The van der Waals surface area contributed by atoms with Crippen LogP contribution < -0.4 is 10.2 Å². The second kappa shape index (κ2) is 10.8. The lowest BCUT2D eigenvalue weighted by Crippen LogP contribution is -2.33. The smallest absolute Gasteiger partial charge is 0.227 e. The molecule has 2 amide bonds. The molecule has 0 saturated carbocycles. The summed E-state index contributed by atoms with van der Waals surface area (Å²) in [6.45, 7) is 3.22. The molecule has 0 saturated heterocycles. The molecule has 0 radical (unpaired) electrons. The molecular weight excluding hydrogens is 392 g/mol. The third-order valence-corrected chi connectivity index (χ3v) is 7.28. The number of benzene rings is 2. The molecule has 0 spiro atoms. The van der Waals surface area contributed by atoms with Gasteiger partial charge < -0.3 is 14.6 Å². The minimum absolute atomic E-state index is 0.0727. The highest BCUT2D eigenvalue weighted by Crippen LogP contribution is 2.26. The Bertz CT molecular complexity index is 964. The predicted molar refractivity (Wildman–Crippen MR) is 122 cm³/mol. The Kier molecular flexibility index (Phi) is 7.83. The van der Waals surface area contributed by atoms with E-state index in [1.807, 2.05) is 48.5 Å². The summed E-state index contributed by atoms with van der Waals surface area (Å²) in [5, 5.41) is 2.91. The first-order valence-corrected chi connectivity index (χ1v) is 12.8. The van der Waals surface area contributed by atoms with Gasteiger partial charge in [0.25, 0.3) is 0 Å². The molecule has 0 aromatic heterocycles. The van der Waals surface area contributed by atoms with E-state index in [9.17, 15) is 9.59 Å². The van der Waals surface area contributed by atoms with Crippen LogP contribution in [-0.4, -0.2) is 34.5 Å². The first kappa shape index (κ1) is 21.8. The summed E-state index contributed by atoms with van der Waals surface area (Å²) >= 11 is 0. The van der Waals surface area contributed by atoms with Crippen LogP contribution in [0.3, 0.4) is 0 Å². The van der Waals surface area contributed by atoms with Crippen LogP contribution in [0.4, 0.5) is 5.69 Å². The standard InChI is InChI=1S/C24H28N2O3Si/c1-29-30(2)17-7-16-25-23(27)14-15-24(28)26-18-21-10-4-3-8-19(21)12-13-20-9-5-6-11-22(20)26/h3-6,8-11,30H,7,14-18H2,1-2H3,(H,25,27). The third kappa shape index (κ3) is 5.82. The van der Waals surface area contributed by atoms with Crippen LogP contribution in [0.1, 0.15) is 36.0 Å². The molecule has 1 unspecified atom stereocenters. The SMILES string of the molecule is CO[SiH](C)CCCNC(=O)CCC(=O)N1Cc2ccccc2C#Cc2ccccc21. The van der Waals surface area contributed by atoms with Crippen molar-refractivity contribution in [2.45, 2.75) is 38.4 Å². The minimum atomic E-state index is -1.09. The van der Waals surface area contributed by atoms with E-state index in [2.05, 4.69) is 23.7 Å². The van der Waals surface area contributed by atoms with Gasteiger partial charge in [-0.1, -0.05) is 42.2 Å². The molecule has 0 fully saturated rings. The summed E-state index contributed by atoms with van der Waals surface area (Å²) in [5.74, 6) is 6.24. The van der Waals surface area contributed by atoms with Gasteiger partial charge in [0.15, 0.2) is 9.04 Å². The number of para-hydroxylation sites is 1. The fourth-order valence-corrected chi connectivity index (χ4v) is 4.40. The molecule has 156 valence electrons. The third-order valence-electron chi connectivity index (χ3n) is 5.25. The van der Waals surface area contributed by atoms with E-state index < -0.39 is 9.04 Å². The van der Waals surface area contributed by atoms with Crippen molar-refractivity contribution < 1.29 is 14.0 Å². The van der Waals surface area contributed by atoms with E-state index in [1.165, 1.54) is 0 Å². The van der Waals surface area contributed by atoms with Gasteiger partial charge in [0.2, 0.25) is 11.8 Å². The van der Waals surface area contributed by atoms with Crippen molar-refractivity contribution in [1.82, 2.24) is 5.32 Å². The van der Waals surface area contributed by atoms with Gasteiger partial charge in [0.05, 0.1) is 12.2 Å². The highest BCUT2D eigenvalue weighted by atomic mass is 28.3. The Morgan fingerprint density at radius 3 is 2.57 bits per heavy atom. The molecule has 1 aliphatic heterocycles. The van der Waals surface area contributed by atoms with E-state index in [1.54, 1.807) is 12.0 Å². The Labute approximate surface area is 180 Å². The number of anilines is 1. The summed E-state index contributed by atoms with van der Waals surface area (Å²) in [6, 6.07) is 16.6. The van der Waals surface area contributed by atoms with E-state index in [4.69, 9.17) is 4.43 Å². The average molecular weight is 421 g/mol. The van der Waals surface area contributed by atoms with Crippen LogP contribution in [0.15, 0.2) is 48.5 Å². The molecule has 3 rings (SSSR count). The molecule has 1 N–H and O–H groups in total. The van der Waals surface area contributed by atoms with Gasteiger partial charge in [-0.25, -0.2) is 0 Å². The number of nitrogens with one attached hydrogen (secondary N) is 1. The van der Waals surface area contributed by atoms with Crippen molar-refractivity contribution >= 4 is 26.5 Å². The zero-order chi connectivity index (χ0) is 21.3. The molecule has 5 nitrogen and oxygen atoms in total. The molecule has 1 heterocycles. The average Bonchev–Trinajstić information content (AvgIpc) is 2.76. The minimum Gasteiger partial charge on any atom is -0.423 e. The molecule has 2 aromatic rings. The number of nitrogens with zero attached hydrogens (tertiary/aromatic N) is 1. The van der Waals surface area contributed by atoms with E-state index in [0.29, 0.717) is 13.1 Å². The van der Waals surface area contributed by atoms with Crippen molar-refractivity contribution in [3.8, 4) is 11.8 Å². The summed E-state index contributed by atoms with van der Waals surface area (Å²) in [7, 11) is 0.658. The summed E-state index contributed by atoms with van der Waals surface area (Å²) in [4.78, 5) is 27.0. The first-order chi connectivity index (χ1) is 14.6. The van der Waals surface area contributed by atoms with Gasteiger partial charge in [-0.05, 0) is 42.8 Å². The number of rotatable bonds is 8.